The predicted molar refractivity (Wildman–Crippen MR) is 168 cm³/mol. The molecule has 5 fully saturated rings. The minimum absolute atomic E-state index is 0.0453. The third kappa shape index (κ3) is 11.6. The normalized spacial score (nSPS) is 29.5. The van der Waals surface area contributed by atoms with E-state index in [0.29, 0.717) is 31.3 Å². The highest BCUT2D eigenvalue weighted by Gasteiger charge is 2.57. The Morgan fingerprint density at radius 1 is 0.929 bits per heavy atom. The summed E-state index contributed by atoms with van der Waals surface area (Å²) in [5, 5.41) is 31.9. The van der Waals surface area contributed by atoms with Gasteiger partial charge in [0.05, 0.1) is 18.2 Å². The molecular formula is C35H59N3O4. The summed E-state index contributed by atoms with van der Waals surface area (Å²) in [7, 11) is 0. The molecule has 4 saturated carbocycles. The highest BCUT2D eigenvalue weighted by Crippen LogP contribution is 2.57. The van der Waals surface area contributed by atoms with Crippen molar-refractivity contribution in [3.8, 4) is 6.07 Å². The molecule has 0 aromatic heterocycles. The number of carboxylic acids is 1. The zero-order valence-electron chi connectivity index (χ0n) is 26.5. The number of carbonyl (C=O) groups excluding carboxylic acids is 1. The summed E-state index contributed by atoms with van der Waals surface area (Å²) in [4.78, 5) is 24.5. The fourth-order valence-electron chi connectivity index (χ4n) is 8.33. The third-order valence-electron chi connectivity index (χ3n) is 10.0. The van der Waals surface area contributed by atoms with Crippen molar-refractivity contribution >= 4 is 11.9 Å². The van der Waals surface area contributed by atoms with Crippen molar-refractivity contribution in [2.75, 3.05) is 13.1 Å². The number of carbonyl (C=O) groups is 2. The van der Waals surface area contributed by atoms with Crippen LogP contribution in [-0.2, 0) is 9.59 Å². The van der Waals surface area contributed by atoms with Crippen molar-refractivity contribution in [1.29, 1.82) is 5.26 Å². The van der Waals surface area contributed by atoms with Crippen LogP contribution in [0.2, 0.25) is 0 Å². The second kappa shape index (κ2) is 18.0. The molecule has 1 saturated heterocycles. The Bertz CT molecular complexity index is 883. The highest BCUT2D eigenvalue weighted by atomic mass is 16.4. The van der Waals surface area contributed by atoms with Gasteiger partial charge in [-0.05, 0) is 95.3 Å². The number of hydrogen-bond donors (Lipinski definition) is 3. The fraction of sp³-hybridized carbons (Fsp3) is 0.857. The summed E-state index contributed by atoms with van der Waals surface area (Å²) >= 11 is 0. The number of nitrogens with one attached hydrogen (secondary N) is 1. The van der Waals surface area contributed by atoms with Gasteiger partial charge in [-0.15, -0.1) is 0 Å². The first kappa shape index (κ1) is 34.6. The molecule has 3 N–H and O–H groups in total. The second-order valence-electron chi connectivity index (χ2n) is 13.9. The Kier molecular flexibility index (Phi) is 14.8. The molecule has 3 atom stereocenters. The van der Waals surface area contributed by atoms with Crippen LogP contribution in [-0.4, -0.2) is 57.3 Å². The molecule has 4 bridgehead atoms. The maximum atomic E-state index is 12.4. The number of aliphatic carboxylic acids is 1. The monoisotopic (exact) mass is 585 g/mol. The number of amides is 1. The van der Waals surface area contributed by atoms with E-state index >= 15 is 0 Å². The van der Waals surface area contributed by atoms with E-state index in [0.717, 1.165) is 57.8 Å². The molecule has 7 nitrogen and oxygen atoms in total. The van der Waals surface area contributed by atoms with Gasteiger partial charge in [-0.1, -0.05) is 70.4 Å². The Labute approximate surface area is 255 Å². The van der Waals surface area contributed by atoms with Gasteiger partial charge in [0, 0.05) is 18.5 Å². The molecule has 0 aromatic carbocycles. The molecule has 0 aromatic rings. The Balaban J connectivity index is 0.000000232. The van der Waals surface area contributed by atoms with Crippen molar-refractivity contribution in [3.63, 3.8) is 0 Å². The molecule has 0 radical (unpaired) electrons. The summed E-state index contributed by atoms with van der Waals surface area (Å²) in [5.41, 5.74) is -0.542. The molecule has 7 heteroatoms. The maximum absolute atomic E-state index is 12.4. The lowest BCUT2D eigenvalue weighted by Gasteiger charge is -2.60. The molecule has 5 rings (SSSR count). The van der Waals surface area contributed by atoms with E-state index in [1.54, 1.807) is 4.90 Å². The number of carboxylic acid groups (broad SMARTS) is 1. The lowest BCUT2D eigenvalue weighted by Crippen LogP contribution is -2.65. The van der Waals surface area contributed by atoms with Crippen molar-refractivity contribution in [2.45, 2.75) is 165 Å². The Morgan fingerprint density at radius 3 is 2.10 bits per heavy atom. The van der Waals surface area contributed by atoms with E-state index in [-0.39, 0.29) is 17.5 Å². The fourth-order valence-corrected chi connectivity index (χ4v) is 8.33. The number of aliphatic hydroxyl groups is 1. The Morgan fingerprint density at radius 2 is 1.52 bits per heavy atom. The number of allylic oxidation sites excluding steroid dienone is 2. The van der Waals surface area contributed by atoms with Crippen LogP contribution in [0.1, 0.15) is 148 Å². The lowest BCUT2D eigenvalue weighted by atomic mass is 9.51. The molecule has 238 valence electrons. The van der Waals surface area contributed by atoms with E-state index in [4.69, 9.17) is 10.4 Å². The maximum Gasteiger partial charge on any atom is 0.303 e. The number of unbranched alkanes of at least 4 members (excludes halogenated alkanes) is 11. The molecule has 42 heavy (non-hydrogen) atoms. The van der Waals surface area contributed by atoms with Crippen LogP contribution < -0.4 is 5.32 Å². The van der Waals surface area contributed by atoms with E-state index in [2.05, 4.69) is 30.5 Å². The minimum atomic E-state index is -0.664. The van der Waals surface area contributed by atoms with Crippen LogP contribution in [0.3, 0.4) is 0 Å². The highest BCUT2D eigenvalue weighted by molar-refractivity contribution is 5.79. The first-order chi connectivity index (χ1) is 20.3. The quantitative estimate of drug-likeness (QED) is 0.115. The number of rotatable bonds is 18. The first-order valence-electron chi connectivity index (χ1n) is 17.3. The second-order valence-corrected chi connectivity index (χ2v) is 13.9. The lowest BCUT2D eigenvalue weighted by molar-refractivity contribution is -0.147. The number of nitrogens with zero attached hydrogens (tertiary/aromatic N) is 2. The molecule has 1 heterocycles. The molecule has 5 aliphatic rings. The van der Waals surface area contributed by atoms with Crippen LogP contribution in [0.15, 0.2) is 12.2 Å². The topological polar surface area (TPSA) is 114 Å². The minimum Gasteiger partial charge on any atom is -0.481 e. The molecule has 2 unspecified atom stereocenters. The molecule has 0 spiro atoms. The van der Waals surface area contributed by atoms with Gasteiger partial charge in [0.25, 0.3) is 0 Å². The summed E-state index contributed by atoms with van der Waals surface area (Å²) in [6, 6.07) is 1.99. The standard InChI is InChI=1S/C18H34O2.C17H25N3O2/c1-2-3-4-5-6-7-8-9-10-11-12-13-14-15-16-17-18(19)20;18-9-14-2-1-3-20(14)15(21)10-19-16-5-12-4-13(6-16)8-17(22,7-12)11-16/h9-10H,2-8,11-17H2,1H3,(H,19,20);12-14,19,22H,1-8,10-11H2/b10-9-;/t;12?,13?,14-,16?,17?/m.0/s1. The summed E-state index contributed by atoms with van der Waals surface area (Å²) in [6.45, 7) is 3.28. The van der Waals surface area contributed by atoms with Gasteiger partial charge in [0.2, 0.25) is 5.91 Å². The zero-order valence-corrected chi connectivity index (χ0v) is 26.5. The zero-order chi connectivity index (χ0) is 30.3. The summed E-state index contributed by atoms with van der Waals surface area (Å²) in [6.07, 6.45) is 29.1. The van der Waals surface area contributed by atoms with Gasteiger partial charge in [-0.25, -0.2) is 0 Å². The van der Waals surface area contributed by atoms with Crippen molar-refractivity contribution in [1.82, 2.24) is 10.2 Å². The molecular weight excluding hydrogens is 526 g/mol. The predicted octanol–water partition coefficient (Wildman–Crippen LogP) is 7.28. The van der Waals surface area contributed by atoms with E-state index < -0.39 is 11.6 Å². The SMILES string of the molecule is CCCCCCCC/C=C\CCCCCCCC(=O)O.N#C[C@@H]1CCCN1C(=O)CNC12CC3CC(CC(O)(C3)C1)C2. The van der Waals surface area contributed by atoms with Gasteiger partial charge >= 0.3 is 5.97 Å². The van der Waals surface area contributed by atoms with E-state index in [1.165, 1.54) is 77.0 Å². The van der Waals surface area contributed by atoms with E-state index in [9.17, 15) is 14.7 Å². The average molecular weight is 586 g/mol. The van der Waals surface area contributed by atoms with Crippen LogP contribution in [0.25, 0.3) is 0 Å². The molecule has 4 aliphatic carbocycles. The van der Waals surface area contributed by atoms with Crippen LogP contribution >= 0.6 is 0 Å². The van der Waals surface area contributed by atoms with Gasteiger partial charge in [-0.2, -0.15) is 5.26 Å². The average Bonchev–Trinajstić information content (AvgIpc) is 3.42. The van der Waals surface area contributed by atoms with Gasteiger partial charge in [0.15, 0.2) is 0 Å². The van der Waals surface area contributed by atoms with Crippen LogP contribution in [0.4, 0.5) is 0 Å². The largest absolute Gasteiger partial charge is 0.481 e. The number of likely N-dealkylation sites (tertiary alicyclic amines) is 1. The van der Waals surface area contributed by atoms with Crippen LogP contribution in [0, 0.1) is 23.2 Å². The molecule has 1 amide bonds. The van der Waals surface area contributed by atoms with Gasteiger partial charge < -0.3 is 20.4 Å². The van der Waals surface area contributed by atoms with Crippen molar-refractivity contribution < 1.29 is 19.8 Å². The molecule has 1 aliphatic heterocycles. The van der Waals surface area contributed by atoms with E-state index in [1.807, 2.05) is 0 Å². The van der Waals surface area contributed by atoms with Crippen molar-refractivity contribution in [3.05, 3.63) is 12.2 Å². The Hall–Kier alpha value is -1.91. The smallest absolute Gasteiger partial charge is 0.303 e. The van der Waals surface area contributed by atoms with Gasteiger partial charge in [-0.3, -0.25) is 9.59 Å². The number of hydrogen-bond acceptors (Lipinski definition) is 5. The van der Waals surface area contributed by atoms with Crippen molar-refractivity contribution in [2.24, 2.45) is 11.8 Å². The first-order valence-corrected chi connectivity index (χ1v) is 17.3. The van der Waals surface area contributed by atoms with Gasteiger partial charge in [0.1, 0.15) is 6.04 Å². The van der Waals surface area contributed by atoms with Crippen LogP contribution in [0.5, 0.6) is 0 Å². The summed E-state index contributed by atoms with van der Waals surface area (Å²) < 4.78 is 0. The summed E-state index contributed by atoms with van der Waals surface area (Å²) in [5.74, 6) is 0.620. The third-order valence-corrected chi connectivity index (χ3v) is 10.0. The number of nitriles is 1.